The first-order valence-electron chi connectivity index (χ1n) is 4.26. The minimum atomic E-state index is -1.19. The summed E-state index contributed by atoms with van der Waals surface area (Å²) < 4.78 is 0.677. The molecule has 0 saturated heterocycles. The molecule has 6 heteroatoms. The van der Waals surface area contributed by atoms with Crippen molar-refractivity contribution in [3.63, 3.8) is 0 Å². The van der Waals surface area contributed by atoms with Gasteiger partial charge < -0.3 is 5.11 Å². The molecular weight excluding hydrogens is 276 g/mol. The van der Waals surface area contributed by atoms with Crippen molar-refractivity contribution in [3.05, 3.63) is 40.4 Å². The second kappa shape index (κ2) is 3.92. The van der Waals surface area contributed by atoms with Crippen LogP contribution in [-0.2, 0) is 9.59 Å². The summed E-state index contributed by atoms with van der Waals surface area (Å²) in [5.74, 6) is 0.352. The van der Waals surface area contributed by atoms with Crippen molar-refractivity contribution in [2.75, 3.05) is 0 Å². The molecule has 0 aliphatic carbocycles. The lowest BCUT2D eigenvalue weighted by molar-refractivity contribution is -0.129. The predicted molar refractivity (Wildman–Crippen MR) is 60.3 cm³/mol. The minimum Gasteiger partial charge on any atom is -0.477 e. The Morgan fingerprint density at radius 3 is 2.94 bits per heavy atom. The second-order valence-corrected chi connectivity index (χ2v) is 3.84. The predicted octanol–water partition coefficient (Wildman–Crippen LogP) is 1.19. The number of aliphatic carboxylic acids is 1. The van der Waals surface area contributed by atoms with E-state index >= 15 is 0 Å². The van der Waals surface area contributed by atoms with E-state index in [1.807, 2.05) is 0 Å². The Morgan fingerprint density at radius 1 is 1.56 bits per heavy atom. The highest BCUT2D eigenvalue weighted by Gasteiger charge is 2.25. The van der Waals surface area contributed by atoms with Crippen LogP contribution in [0.1, 0.15) is 0 Å². The highest BCUT2D eigenvalue weighted by atomic mass is 79.9. The van der Waals surface area contributed by atoms with Crippen LogP contribution < -0.4 is 0 Å². The first-order valence-corrected chi connectivity index (χ1v) is 5.05. The summed E-state index contributed by atoms with van der Waals surface area (Å²) in [7, 11) is 0. The van der Waals surface area contributed by atoms with Crippen molar-refractivity contribution in [2.24, 2.45) is 4.99 Å². The average Bonchev–Trinajstić information content (AvgIpc) is 2.28. The lowest BCUT2D eigenvalue weighted by atomic mass is 10.2. The zero-order chi connectivity index (χ0) is 11.7. The van der Waals surface area contributed by atoms with Crippen LogP contribution in [0.3, 0.4) is 0 Å². The fourth-order valence-corrected chi connectivity index (χ4v) is 1.79. The fourth-order valence-electron chi connectivity index (χ4n) is 1.33. The van der Waals surface area contributed by atoms with Gasteiger partial charge >= 0.3 is 5.97 Å². The third-order valence-electron chi connectivity index (χ3n) is 2.02. The number of carbonyl (C=O) groups excluding carboxylic acids is 1. The summed E-state index contributed by atoms with van der Waals surface area (Å²) in [6.07, 6.45) is 6.45. The van der Waals surface area contributed by atoms with Gasteiger partial charge in [0.1, 0.15) is 0 Å². The van der Waals surface area contributed by atoms with Crippen molar-refractivity contribution >= 4 is 33.6 Å². The number of hydrogen-bond donors (Lipinski definition) is 1. The smallest absolute Gasteiger partial charge is 0.354 e. The maximum Gasteiger partial charge on any atom is 0.354 e. The molecule has 2 aliphatic rings. The molecule has 0 unspecified atom stereocenters. The van der Waals surface area contributed by atoms with E-state index in [0.29, 0.717) is 10.2 Å². The number of carboxylic acid groups (broad SMARTS) is 1. The van der Waals surface area contributed by atoms with E-state index in [0.717, 1.165) is 0 Å². The van der Waals surface area contributed by atoms with E-state index in [1.54, 1.807) is 24.3 Å². The Bertz CT molecular complexity index is 536. The van der Waals surface area contributed by atoms with Crippen molar-refractivity contribution in [3.8, 4) is 0 Å². The maximum absolute atomic E-state index is 10.8. The Labute approximate surface area is 98.9 Å². The van der Waals surface area contributed by atoms with Crippen LogP contribution in [0.15, 0.2) is 45.4 Å². The molecule has 2 aliphatic heterocycles. The molecule has 0 bridgehead atoms. The van der Waals surface area contributed by atoms with Crippen LogP contribution in [0.5, 0.6) is 0 Å². The van der Waals surface area contributed by atoms with Gasteiger partial charge in [-0.25, -0.2) is 14.6 Å². The van der Waals surface area contributed by atoms with Crippen molar-refractivity contribution in [1.82, 2.24) is 4.90 Å². The van der Waals surface area contributed by atoms with Crippen LogP contribution >= 0.6 is 15.9 Å². The van der Waals surface area contributed by atoms with Gasteiger partial charge in [0.15, 0.2) is 11.7 Å². The largest absolute Gasteiger partial charge is 0.477 e. The number of aliphatic imine (C=N–C) groups is 1. The highest BCUT2D eigenvalue weighted by Crippen LogP contribution is 2.30. The quantitative estimate of drug-likeness (QED) is 0.733. The first kappa shape index (κ1) is 10.6. The molecule has 0 aromatic heterocycles. The van der Waals surface area contributed by atoms with Crippen LogP contribution in [0.2, 0.25) is 0 Å². The molecule has 0 saturated carbocycles. The molecule has 0 fully saturated rings. The number of allylic oxidation sites excluding steroid dienone is 3. The molecule has 1 N–H and O–H groups in total. The van der Waals surface area contributed by atoms with Crippen LogP contribution in [0.4, 0.5) is 0 Å². The minimum absolute atomic E-state index is 0.0730. The zero-order valence-corrected chi connectivity index (χ0v) is 9.43. The number of halogens is 1. The van der Waals surface area contributed by atoms with Gasteiger partial charge in [-0.2, -0.15) is 0 Å². The summed E-state index contributed by atoms with van der Waals surface area (Å²) in [6, 6.07) is 0. The summed E-state index contributed by atoms with van der Waals surface area (Å²) in [5, 5.41) is 8.84. The normalized spacial score (nSPS) is 18.2. The molecule has 2 rings (SSSR count). The molecule has 80 valence electrons. The average molecular weight is 281 g/mol. The lowest BCUT2D eigenvalue weighted by Crippen LogP contribution is -2.26. The number of carboxylic acids is 1. The van der Waals surface area contributed by atoms with E-state index in [4.69, 9.17) is 5.11 Å². The van der Waals surface area contributed by atoms with Crippen LogP contribution in [-0.4, -0.2) is 27.6 Å². The first-order chi connectivity index (χ1) is 7.63. The van der Waals surface area contributed by atoms with Gasteiger partial charge in [-0.1, -0.05) is 0 Å². The standard InChI is InChI=1S/C10H5BrN2O3/c11-6-2-1-3-13-8(6)4-7(10(15)16)12-9(13)5-14/h1-4H,(H,15,16). The molecule has 2 heterocycles. The Balaban J connectivity index is 2.57. The third kappa shape index (κ3) is 1.64. The van der Waals surface area contributed by atoms with Gasteiger partial charge in [0.2, 0.25) is 5.82 Å². The van der Waals surface area contributed by atoms with Gasteiger partial charge in [0.05, 0.1) is 5.70 Å². The van der Waals surface area contributed by atoms with Gasteiger partial charge in [0.25, 0.3) is 0 Å². The summed E-state index contributed by atoms with van der Waals surface area (Å²) >= 11 is 3.27. The van der Waals surface area contributed by atoms with E-state index < -0.39 is 5.97 Å². The molecule has 0 radical (unpaired) electrons. The van der Waals surface area contributed by atoms with E-state index in [2.05, 4.69) is 20.9 Å². The molecule has 0 atom stereocenters. The molecule has 0 spiro atoms. The number of hydrogen-bond acceptors (Lipinski definition) is 4. The van der Waals surface area contributed by atoms with Crippen LogP contribution in [0.25, 0.3) is 0 Å². The Hall–Kier alpha value is -1.91. The SMILES string of the molecule is O=C=C1N=C(C(=O)O)C=C2C(Br)=CC=CN12. The number of nitrogens with zero attached hydrogens (tertiary/aromatic N) is 2. The lowest BCUT2D eigenvalue weighted by Gasteiger charge is -2.26. The van der Waals surface area contributed by atoms with Gasteiger partial charge in [-0.3, -0.25) is 4.90 Å². The topological polar surface area (TPSA) is 70.0 Å². The number of rotatable bonds is 1. The molecule has 0 aromatic carbocycles. The Morgan fingerprint density at radius 2 is 2.31 bits per heavy atom. The molecule has 0 aromatic rings. The van der Waals surface area contributed by atoms with E-state index in [-0.39, 0.29) is 11.5 Å². The van der Waals surface area contributed by atoms with E-state index in [9.17, 15) is 9.59 Å². The van der Waals surface area contributed by atoms with Gasteiger partial charge in [0, 0.05) is 10.7 Å². The summed E-state index contributed by atoms with van der Waals surface area (Å²) in [6.45, 7) is 0. The van der Waals surface area contributed by atoms with Gasteiger partial charge in [-0.05, 0) is 34.2 Å². The van der Waals surface area contributed by atoms with Gasteiger partial charge in [-0.15, -0.1) is 0 Å². The van der Waals surface area contributed by atoms with Crippen molar-refractivity contribution in [2.45, 2.75) is 0 Å². The zero-order valence-electron chi connectivity index (χ0n) is 7.85. The number of fused-ring (bicyclic) bond motifs is 1. The monoisotopic (exact) mass is 280 g/mol. The van der Waals surface area contributed by atoms with Crippen molar-refractivity contribution < 1.29 is 14.7 Å². The summed E-state index contributed by atoms with van der Waals surface area (Å²) in [5.41, 5.74) is 0.360. The van der Waals surface area contributed by atoms with Crippen LogP contribution in [0, 0.1) is 0 Å². The molecule has 16 heavy (non-hydrogen) atoms. The molecule has 5 nitrogen and oxygen atoms in total. The Kier molecular flexibility index (Phi) is 2.60. The third-order valence-corrected chi connectivity index (χ3v) is 2.69. The fraction of sp³-hybridized carbons (Fsp3) is 0. The van der Waals surface area contributed by atoms with E-state index in [1.165, 1.54) is 11.0 Å². The molecule has 0 amide bonds. The molecular formula is C10H5BrN2O3. The highest BCUT2D eigenvalue weighted by molar-refractivity contribution is 9.12. The number of carbonyl (C=O) groups is 1. The summed E-state index contributed by atoms with van der Waals surface area (Å²) in [4.78, 5) is 26.6. The second-order valence-electron chi connectivity index (χ2n) is 2.98. The maximum atomic E-state index is 10.8. The van der Waals surface area contributed by atoms with Crippen molar-refractivity contribution in [1.29, 1.82) is 0 Å².